The van der Waals surface area contributed by atoms with Crippen molar-refractivity contribution in [1.29, 1.82) is 0 Å². The summed E-state index contributed by atoms with van der Waals surface area (Å²) in [7, 11) is 1.03. The molecule has 1 N–H and O–H groups in total. The van der Waals surface area contributed by atoms with E-state index in [4.69, 9.17) is 9.84 Å². The van der Waals surface area contributed by atoms with Gasteiger partial charge in [-0.2, -0.15) is 0 Å². The molecule has 3 heteroatoms. The maximum Gasteiger partial charge on any atom is 0.163 e. The third-order valence-electron chi connectivity index (χ3n) is 1.52. The highest BCUT2D eigenvalue weighted by atomic mass is 16.5. The Hall–Kier alpha value is -0.0151. The standard InChI is InChI=1S/C5H11BO2/c1-4-2-6-5(3-7)8-4/h4-7H,2-3H2,1H3. The summed E-state index contributed by atoms with van der Waals surface area (Å²) in [4.78, 5) is 0. The van der Waals surface area contributed by atoms with E-state index in [1.165, 1.54) is 0 Å². The molecule has 0 bridgehead atoms. The van der Waals surface area contributed by atoms with E-state index in [2.05, 4.69) is 0 Å². The van der Waals surface area contributed by atoms with Crippen molar-refractivity contribution in [2.24, 2.45) is 0 Å². The summed E-state index contributed by atoms with van der Waals surface area (Å²) in [6, 6.07) is 0.130. The minimum Gasteiger partial charge on any atom is -0.394 e. The predicted molar refractivity (Wildman–Crippen MR) is 33.4 cm³/mol. The third-order valence-corrected chi connectivity index (χ3v) is 1.52. The number of rotatable bonds is 1. The van der Waals surface area contributed by atoms with Crippen molar-refractivity contribution in [1.82, 2.24) is 0 Å². The van der Waals surface area contributed by atoms with Crippen LogP contribution in [0.1, 0.15) is 6.92 Å². The number of ether oxygens (including phenoxy) is 1. The van der Waals surface area contributed by atoms with Crippen LogP contribution in [0.15, 0.2) is 0 Å². The fourth-order valence-corrected chi connectivity index (χ4v) is 1.02. The fraction of sp³-hybridized carbons (Fsp3) is 1.00. The van der Waals surface area contributed by atoms with Gasteiger partial charge in [0.1, 0.15) is 0 Å². The van der Waals surface area contributed by atoms with Gasteiger partial charge in [0.15, 0.2) is 7.28 Å². The van der Waals surface area contributed by atoms with E-state index in [0.29, 0.717) is 6.10 Å². The van der Waals surface area contributed by atoms with Crippen LogP contribution >= 0.6 is 0 Å². The number of aliphatic hydroxyl groups is 1. The Morgan fingerprint density at radius 2 is 2.62 bits per heavy atom. The lowest BCUT2D eigenvalue weighted by molar-refractivity contribution is 0.0409. The monoisotopic (exact) mass is 114 g/mol. The van der Waals surface area contributed by atoms with Crippen LogP contribution in [0.25, 0.3) is 0 Å². The Balaban J connectivity index is 2.22. The van der Waals surface area contributed by atoms with E-state index in [1.54, 1.807) is 0 Å². The van der Waals surface area contributed by atoms with E-state index in [0.717, 1.165) is 13.6 Å². The van der Waals surface area contributed by atoms with Crippen molar-refractivity contribution >= 4 is 7.28 Å². The lowest BCUT2D eigenvalue weighted by Gasteiger charge is -2.05. The van der Waals surface area contributed by atoms with Crippen molar-refractivity contribution in [2.45, 2.75) is 25.4 Å². The summed E-state index contributed by atoms with van der Waals surface area (Å²) in [5.41, 5.74) is 0. The molecule has 8 heavy (non-hydrogen) atoms. The van der Waals surface area contributed by atoms with Gasteiger partial charge in [-0.1, -0.05) is 0 Å². The topological polar surface area (TPSA) is 29.5 Å². The van der Waals surface area contributed by atoms with Gasteiger partial charge in [-0.05, 0) is 13.2 Å². The summed E-state index contributed by atoms with van der Waals surface area (Å²) in [5, 5.41) is 8.56. The molecule has 0 aliphatic carbocycles. The van der Waals surface area contributed by atoms with E-state index in [1.807, 2.05) is 6.92 Å². The highest BCUT2D eigenvalue weighted by molar-refractivity contribution is 6.38. The second-order valence-corrected chi connectivity index (χ2v) is 2.33. The largest absolute Gasteiger partial charge is 0.394 e. The molecule has 1 saturated heterocycles. The lowest BCUT2D eigenvalue weighted by atomic mass is 9.70. The van der Waals surface area contributed by atoms with Crippen LogP contribution in [0.5, 0.6) is 0 Å². The van der Waals surface area contributed by atoms with Gasteiger partial charge in [0.2, 0.25) is 0 Å². The first-order chi connectivity index (χ1) is 3.83. The summed E-state index contributed by atoms with van der Waals surface area (Å²) in [6.45, 7) is 2.22. The molecule has 1 aliphatic rings. The molecule has 2 nitrogen and oxygen atoms in total. The molecule has 0 spiro atoms. The van der Waals surface area contributed by atoms with Crippen molar-refractivity contribution < 1.29 is 9.84 Å². The second-order valence-electron chi connectivity index (χ2n) is 2.33. The van der Waals surface area contributed by atoms with Crippen LogP contribution in [-0.2, 0) is 4.74 Å². The van der Waals surface area contributed by atoms with Gasteiger partial charge in [-0.25, -0.2) is 0 Å². The normalized spacial score (nSPS) is 37.2. The molecule has 0 aromatic rings. The zero-order valence-corrected chi connectivity index (χ0v) is 5.13. The van der Waals surface area contributed by atoms with Gasteiger partial charge in [0.05, 0.1) is 12.6 Å². The first kappa shape index (κ1) is 6.11. The van der Waals surface area contributed by atoms with Crippen molar-refractivity contribution in [3.8, 4) is 0 Å². The van der Waals surface area contributed by atoms with Crippen molar-refractivity contribution in [3.05, 3.63) is 0 Å². The molecule has 1 heterocycles. The van der Waals surface area contributed by atoms with Crippen LogP contribution in [0.3, 0.4) is 0 Å². The van der Waals surface area contributed by atoms with Gasteiger partial charge in [0.25, 0.3) is 0 Å². The predicted octanol–water partition coefficient (Wildman–Crippen LogP) is -0.422. The van der Waals surface area contributed by atoms with Crippen molar-refractivity contribution in [3.63, 3.8) is 0 Å². The van der Waals surface area contributed by atoms with E-state index in [9.17, 15) is 0 Å². The number of aliphatic hydroxyl groups excluding tert-OH is 1. The zero-order valence-electron chi connectivity index (χ0n) is 5.13. The third kappa shape index (κ3) is 1.23. The van der Waals surface area contributed by atoms with Crippen molar-refractivity contribution in [2.75, 3.05) is 6.61 Å². The molecule has 46 valence electrons. The Kier molecular flexibility index (Phi) is 1.92. The molecule has 2 unspecified atom stereocenters. The van der Waals surface area contributed by atoms with Gasteiger partial charge in [0, 0.05) is 6.10 Å². The first-order valence-electron chi connectivity index (χ1n) is 3.09. The molecule has 1 aliphatic heterocycles. The van der Waals surface area contributed by atoms with Gasteiger partial charge in [-0.3, -0.25) is 0 Å². The molecule has 2 atom stereocenters. The minimum atomic E-state index is 0.130. The summed E-state index contributed by atoms with van der Waals surface area (Å²) in [5.74, 6) is 0. The highest BCUT2D eigenvalue weighted by Gasteiger charge is 2.21. The van der Waals surface area contributed by atoms with Crippen LogP contribution < -0.4 is 0 Å². The smallest absolute Gasteiger partial charge is 0.163 e. The molecule has 0 amide bonds. The molecule has 0 aromatic heterocycles. The van der Waals surface area contributed by atoms with Gasteiger partial charge in [-0.15, -0.1) is 0 Å². The minimum absolute atomic E-state index is 0.130. The maximum absolute atomic E-state index is 8.56. The van der Waals surface area contributed by atoms with Gasteiger partial charge < -0.3 is 9.84 Å². The Bertz CT molecular complexity index is 76.8. The zero-order chi connectivity index (χ0) is 5.98. The van der Waals surface area contributed by atoms with E-state index >= 15 is 0 Å². The van der Waals surface area contributed by atoms with Crippen LogP contribution in [0, 0.1) is 0 Å². The van der Waals surface area contributed by atoms with Crippen LogP contribution in [0.4, 0.5) is 0 Å². The van der Waals surface area contributed by atoms with E-state index < -0.39 is 0 Å². The molecule has 1 fully saturated rings. The molecule has 0 aromatic carbocycles. The average Bonchev–Trinajstić information content (AvgIpc) is 2.14. The summed E-state index contributed by atoms with van der Waals surface area (Å²) < 4.78 is 5.26. The highest BCUT2D eigenvalue weighted by Crippen LogP contribution is 2.11. The molecule has 1 rings (SSSR count). The molecule has 0 radical (unpaired) electrons. The molecular weight excluding hydrogens is 103 g/mol. The fourth-order valence-electron chi connectivity index (χ4n) is 1.02. The molecular formula is C5H11BO2. The quantitative estimate of drug-likeness (QED) is 0.469. The van der Waals surface area contributed by atoms with Gasteiger partial charge >= 0.3 is 0 Å². The lowest BCUT2D eigenvalue weighted by Crippen LogP contribution is -2.17. The second kappa shape index (κ2) is 2.51. The Morgan fingerprint density at radius 1 is 1.88 bits per heavy atom. The van der Waals surface area contributed by atoms with Crippen LogP contribution in [-0.4, -0.2) is 31.1 Å². The van der Waals surface area contributed by atoms with E-state index in [-0.39, 0.29) is 12.6 Å². The SMILES string of the molecule is CC1CBC(CO)O1. The Labute approximate surface area is 50.1 Å². The number of hydrogen-bond acceptors (Lipinski definition) is 2. The Morgan fingerprint density at radius 3 is 2.88 bits per heavy atom. The van der Waals surface area contributed by atoms with Crippen LogP contribution in [0.2, 0.25) is 6.32 Å². The molecule has 0 saturated carbocycles. The first-order valence-corrected chi connectivity index (χ1v) is 3.09. The summed E-state index contributed by atoms with van der Waals surface area (Å²) >= 11 is 0. The average molecular weight is 114 g/mol. The maximum atomic E-state index is 8.56. The summed E-state index contributed by atoms with van der Waals surface area (Å²) in [6.07, 6.45) is 1.47. The number of hydrogen-bond donors (Lipinski definition) is 1.